The normalized spacial score (nSPS) is 11.4. The second-order valence-corrected chi connectivity index (χ2v) is 5.68. The van der Waals surface area contributed by atoms with E-state index in [0.29, 0.717) is 19.5 Å². The molecule has 2 rings (SSSR count). The lowest BCUT2D eigenvalue weighted by Gasteiger charge is -2.03. The molecule has 2 aromatic heterocycles. The summed E-state index contributed by atoms with van der Waals surface area (Å²) in [6.45, 7) is 1.05. The number of aromatic nitrogens is 4. The number of aromatic amines is 1. The number of H-pyrrole nitrogens is 1. The van der Waals surface area contributed by atoms with Crippen LogP contribution in [-0.4, -0.2) is 34.9 Å². The van der Waals surface area contributed by atoms with E-state index in [1.807, 2.05) is 0 Å². The molecule has 20 heavy (non-hydrogen) atoms. The standard InChI is InChI=1S/C10H14N6O3S/c11-4-1-5-16-7-8(6-12-16)20(18,19)15-9-2-3-10(17)14-13-9/h2-3,6-7H,1,4-5,11H2,(H,13,15)(H,14,17). The summed E-state index contributed by atoms with van der Waals surface area (Å²) in [5.74, 6) is 0.0271. The second-order valence-electron chi connectivity index (χ2n) is 3.99. The summed E-state index contributed by atoms with van der Waals surface area (Å²) in [5.41, 5.74) is 4.96. The summed E-state index contributed by atoms with van der Waals surface area (Å²) in [6.07, 6.45) is 3.35. The van der Waals surface area contributed by atoms with E-state index < -0.39 is 15.6 Å². The third-order valence-electron chi connectivity index (χ3n) is 2.43. The Morgan fingerprint density at radius 2 is 2.20 bits per heavy atom. The number of nitrogens with one attached hydrogen (secondary N) is 2. The SMILES string of the molecule is NCCCn1cc(S(=O)(=O)Nc2ccc(=O)[nH]n2)cn1. The van der Waals surface area contributed by atoms with Crippen LogP contribution in [0.15, 0.2) is 34.2 Å². The third kappa shape index (κ3) is 3.42. The Morgan fingerprint density at radius 1 is 1.40 bits per heavy atom. The van der Waals surface area contributed by atoms with Gasteiger partial charge in [-0.25, -0.2) is 13.5 Å². The van der Waals surface area contributed by atoms with E-state index in [9.17, 15) is 13.2 Å². The first-order valence-corrected chi connectivity index (χ1v) is 7.30. The molecule has 9 nitrogen and oxygen atoms in total. The maximum absolute atomic E-state index is 12.1. The van der Waals surface area contributed by atoms with E-state index in [1.165, 1.54) is 29.2 Å². The molecule has 0 unspecified atom stereocenters. The van der Waals surface area contributed by atoms with Gasteiger partial charge in [-0.2, -0.15) is 10.2 Å². The Morgan fingerprint density at radius 3 is 2.85 bits per heavy atom. The molecule has 0 radical (unpaired) electrons. The summed E-state index contributed by atoms with van der Waals surface area (Å²) in [4.78, 5) is 10.9. The molecule has 0 aliphatic rings. The number of anilines is 1. The van der Waals surface area contributed by atoms with Crippen molar-refractivity contribution in [1.29, 1.82) is 0 Å². The fourth-order valence-corrected chi connectivity index (χ4v) is 2.41. The minimum atomic E-state index is -3.78. The Kier molecular flexibility index (Phi) is 4.15. The predicted molar refractivity (Wildman–Crippen MR) is 71.6 cm³/mol. The van der Waals surface area contributed by atoms with Crippen molar-refractivity contribution in [2.45, 2.75) is 17.9 Å². The van der Waals surface area contributed by atoms with Gasteiger partial charge < -0.3 is 5.73 Å². The zero-order chi connectivity index (χ0) is 14.6. The number of hydrogen-bond acceptors (Lipinski definition) is 6. The fraction of sp³-hybridized carbons (Fsp3) is 0.300. The molecular formula is C10H14N6O3S. The van der Waals surface area contributed by atoms with Crippen LogP contribution < -0.4 is 16.0 Å². The maximum Gasteiger partial charge on any atom is 0.266 e. The first kappa shape index (κ1) is 14.2. The van der Waals surface area contributed by atoms with Gasteiger partial charge in [-0.1, -0.05) is 0 Å². The highest BCUT2D eigenvalue weighted by Crippen LogP contribution is 2.12. The molecule has 0 spiro atoms. The van der Waals surface area contributed by atoms with Gasteiger partial charge in [0.05, 0.1) is 6.20 Å². The highest BCUT2D eigenvalue weighted by molar-refractivity contribution is 7.92. The van der Waals surface area contributed by atoms with Gasteiger partial charge in [0.25, 0.3) is 15.6 Å². The van der Waals surface area contributed by atoms with Crippen molar-refractivity contribution in [2.24, 2.45) is 5.73 Å². The topological polar surface area (TPSA) is 136 Å². The molecule has 2 heterocycles. The van der Waals surface area contributed by atoms with E-state index in [1.54, 1.807) is 0 Å². The number of hydrogen-bond donors (Lipinski definition) is 3. The second kappa shape index (κ2) is 5.84. The van der Waals surface area contributed by atoms with Crippen molar-refractivity contribution in [3.05, 3.63) is 34.9 Å². The largest absolute Gasteiger partial charge is 0.330 e. The van der Waals surface area contributed by atoms with Gasteiger partial charge in [0.2, 0.25) is 0 Å². The first-order chi connectivity index (χ1) is 9.51. The van der Waals surface area contributed by atoms with Gasteiger partial charge in [0.15, 0.2) is 5.82 Å². The van der Waals surface area contributed by atoms with Gasteiger partial charge in [0, 0.05) is 18.8 Å². The quantitative estimate of drug-likeness (QED) is 0.633. The molecule has 0 fully saturated rings. The zero-order valence-electron chi connectivity index (χ0n) is 10.5. The molecule has 0 aliphatic carbocycles. The van der Waals surface area contributed by atoms with Crippen LogP contribution in [0.25, 0.3) is 0 Å². The average Bonchev–Trinajstić information content (AvgIpc) is 2.88. The van der Waals surface area contributed by atoms with Crippen molar-refractivity contribution in [1.82, 2.24) is 20.0 Å². The van der Waals surface area contributed by atoms with Crippen molar-refractivity contribution >= 4 is 15.8 Å². The monoisotopic (exact) mass is 298 g/mol. The van der Waals surface area contributed by atoms with Gasteiger partial charge in [-0.15, -0.1) is 0 Å². The van der Waals surface area contributed by atoms with Crippen LogP contribution in [0.5, 0.6) is 0 Å². The minimum Gasteiger partial charge on any atom is -0.330 e. The highest BCUT2D eigenvalue weighted by atomic mass is 32.2. The fourth-order valence-electron chi connectivity index (χ4n) is 1.46. The summed E-state index contributed by atoms with van der Waals surface area (Å²) in [6, 6.07) is 2.45. The summed E-state index contributed by atoms with van der Waals surface area (Å²) < 4.78 is 27.9. The molecule has 108 valence electrons. The predicted octanol–water partition coefficient (Wildman–Crippen LogP) is -0.884. The molecule has 0 amide bonds. The zero-order valence-corrected chi connectivity index (χ0v) is 11.3. The van der Waals surface area contributed by atoms with Crippen LogP contribution in [0.2, 0.25) is 0 Å². The Bertz CT molecular complexity index is 715. The lowest BCUT2D eigenvalue weighted by molar-refractivity contribution is 0.582. The average molecular weight is 298 g/mol. The smallest absolute Gasteiger partial charge is 0.266 e. The Labute approximate surface area is 114 Å². The molecule has 0 atom stereocenters. The molecule has 0 bridgehead atoms. The van der Waals surface area contributed by atoms with Gasteiger partial charge in [-0.3, -0.25) is 14.2 Å². The van der Waals surface area contributed by atoms with Crippen LogP contribution >= 0.6 is 0 Å². The van der Waals surface area contributed by atoms with Crippen LogP contribution in [-0.2, 0) is 16.6 Å². The number of nitrogens with two attached hydrogens (primary N) is 1. The van der Waals surface area contributed by atoms with Crippen LogP contribution in [0, 0.1) is 0 Å². The molecule has 0 saturated carbocycles. The van der Waals surface area contributed by atoms with Gasteiger partial charge in [-0.05, 0) is 19.0 Å². The Balaban J connectivity index is 2.15. The molecule has 10 heteroatoms. The van der Waals surface area contributed by atoms with Crippen LogP contribution in [0.1, 0.15) is 6.42 Å². The molecule has 0 saturated heterocycles. The molecule has 0 aliphatic heterocycles. The van der Waals surface area contributed by atoms with Gasteiger partial charge >= 0.3 is 0 Å². The van der Waals surface area contributed by atoms with Crippen molar-refractivity contribution < 1.29 is 8.42 Å². The third-order valence-corrected chi connectivity index (χ3v) is 3.74. The van der Waals surface area contributed by atoms with Crippen LogP contribution in [0.3, 0.4) is 0 Å². The lowest BCUT2D eigenvalue weighted by Crippen LogP contribution is -2.16. The summed E-state index contributed by atoms with van der Waals surface area (Å²) in [7, 11) is -3.78. The number of nitrogens with zero attached hydrogens (tertiary/aromatic N) is 3. The summed E-state index contributed by atoms with van der Waals surface area (Å²) in [5, 5.41) is 9.65. The minimum absolute atomic E-state index is 0.0162. The molecule has 0 aromatic carbocycles. The number of aryl methyl sites for hydroxylation is 1. The van der Waals surface area contributed by atoms with Gasteiger partial charge in [0.1, 0.15) is 4.90 Å². The number of rotatable bonds is 6. The van der Waals surface area contributed by atoms with E-state index in [2.05, 4.69) is 20.0 Å². The van der Waals surface area contributed by atoms with Crippen molar-refractivity contribution in [3.8, 4) is 0 Å². The lowest BCUT2D eigenvalue weighted by atomic mass is 10.4. The highest BCUT2D eigenvalue weighted by Gasteiger charge is 2.17. The van der Waals surface area contributed by atoms with E-state index in [4.69, 9.17) is 5.73 Å². The Hall–Kier alpha value is -2.20. The summed E-state index contributed by atoms with van der Waals surface area (Å²) >= 11 is 0. The molecule has 4 N–H and O–H groups in total. The first-order valence-electron chi connectivity index (χ1n) is 5.82. The van der Waals surface area contributed by atoms with E-state index in [-0.39, 0.29) is 10.7 Å². The molecule has 2 aromatic rings. The van der Waals surface area contributed by atoms with Crippen molar-refractivity contribution in [3.63, 3.8) is 0 Å². The number of sulfonamides is 1. The molecular weight excluding hydrogens is 284 g/mol. The van der Waals surface area contributed by atoms with E-state index >= 15 is 0 Å². The maximum atomic E-state index is 12.1. The van der Waals surface area contributed by atoms with E-state index in [0.717, 1.165) is 0 Å². The van der Waals surface area contributed by atoms with Crippen LogP contribution in [0.4, 0.5) is 5.82 Å². The van der Waals surface area contributed by atoms with Crippen molar-refractivity contribution in [2.75, 3.05) is 11.3 Å².